The van der Waals surface area contributed by atoms with Crippen molar-refractivity contribution in [2.75, 3.05) is 14.2 Å². The molecule has 0 aromatic carbocycles. The molecule has 0 saturated heterocycles. The third-order valence-corrected chi connectivity index (χ3v) is 7.43. The Morgan fingerprint density at radius 1 is 1.33 bits per heavy atom. The average molecular weight is 376 g/mol. The number of carbonyl (C=O) groups excluding carboxylic acids is 2. The summed E-state index contributed by atoms with van der Waals surface area (Å²) in [6.45, 7) is 8.75. The molecule has 2 saturated carbocycles. The van der Waals surface area contributed by atoms with Gasteiger partial charge in [-0.2, -0.15) is 0 Å². The lowest BCUT2D eigenvalue weighted by Gasteiger charge is -2.57. The highest BCUT2D eigenvalue weighted by Gasteiger charge is 2.57. The van der Waals surface area contributed by atoms with Gasteiger partial charge >= 0.3 is 11.9 Å². The first-order valence-electron chi connectivity index (χ1n) is 9.97. The third kappa shape index (κ3) is 3.35. The molecule has 5 atom stereocenters. The number of cyclic esters (lactones) is 1. The molecule has 1 heterocycles. The molecule has 0 radical (unpaired) electrons. The van der Waals surface area contributed by atoms with E-state index < -0.39 is 11.7 Å². The maximum Gasteiger partial charge on any atom is 0.336 e. The smallest absolute Gasteiger partial charge is 0.336 e. The quantitative estimate of drug-likeness (QED) is 0.532. The molecule has 150 valence electrons. The highest BCUT2D eigenvalue weighted by atomic mass is 16.7. The zero-order valence-corrected chi connectivity index (χ0v) is 17.0. The summed E-state index contributed by atoms with van der Waals surface area (Å²) in [5.74, 6) is 0.191. The summed E-state index contributed by atoms with van der Waals surface area (Å²) >= 11 is 0. The molecule has 27 heavy (non-hydrogen) atoms. The lowest BCUT2D eigenvalue weighted by molar-refractivity contribution is -0.168. The number of esters is 2. The van der Waals surface area contributed by atoms with Gasteiger partial charge in [-0.15, -0.1) is 0 Å². The minimum absolute atomic E-state index is 0.000248. The van der Waals surface area contributed by atoms with E-state index in [-0.39, 0.29) is 29.2 Å². The summed E-state index contributed by atoms with van der Waals surface area (Å²) in [6, 6.07) is 0. The van der Waals surface area contributed by atoms with Crippen molar-refractivity contribution in [3.63, 3.8) is 0 Å². The standard InChI is InChI=1S/C22H32O5/c1-14-7-10-17-21(2,11-6-12-22(17,3)20(24)26-5)16(14)9-8-15-13-18(25-4)27-19(15)23/h13,16-18H,1,6-12H2,2-5H3. The molecule has 2 aliphatic carbocycles. The Morgan fingerprint density at radius 3 is 2.70 bits per heavy atom. The van der Waals surface area contributed by atoms with Crippen molar-refractivity contribution in [2.45, 2.75) is 65.1 Å². The molecule has 5 unspecified atom stereocenters. The topological polar surface area (TPSA) is 61.8 Å². The Kier molecular flexibility index (Phi) is 5.53. The Labute approximate surface area is 162 Å². The molecule has 0 aromatic rings. The van der Waals surface area contributed by atoms with Crippen LogP contribution in [0.15, 0.2) is 23.8 Å². The first-order valence-corrected chi connectivity index (χ1v) is 9.97. The number of hydrogen-bond acceptors (Lipinski definition) is 5. The van der Waals surface area contributed by atoms with Crippen molar-refractivity contribution in [2.24, 2.45) is 22.7 Å². The predicted octanol–water partition coefficient (Wildman–Crippen LogP) is 4.17. The molecule has 3 rings (SSSR count). The number of carbonyl (C=O) groups is 2. The van der Waals surface area contributed by atoms with Crippen LogP contribution >= 0.6 is 0 Å². The molecular formula is C22H32O5. The molecule has 5 heteroatoms. The molecule has 1 aliphatic heterocycles. The molecule has 0 bridgehead atoms. The van der Waals surface area contributed by atoms with Crippen LogP contribution in [0.2, 0.25) is 0 Å². The van der Waals surface area contributed by atoms with Crippen molar-refractivity contribution >= 4 is 11.9 Å². The van der Waals surface area contributed by atoms with Gasteiger partial charge in [-0.25, -0.2) is 4.79 Å². The molecule has 0 amide bonds. The maximum absolute atomic E-state index is 12.6. The van der Waals surface area contributed by atoms with E-state index in [2.05, 4.69) is 20.4 Å². The van der Waals surface area contributed by atoms with Gasteiger partial charge in [-0.05, 0) is 68.8 Å². The van der Waals surface area contributed by atoms with Crippen LogP contribution in [0.25, 0.3) is 0 Å². The van der Waals surface area contributed by atoms with Crippen LogP contribution in [0, 0.1) is 22.7 Å². The second-order valence-corrected chi connectivity index (χ2v) is 8.81. The molecule has 5 nitrogen and oxygen atoms in total. The van der Waals surface area contributed by atoms with E-state index in [1.807, 2.05) is 0 Å². The van der Waals surface area contributed by atoms with E-state index in [1.54, 1.807) is 6.08 Å². The van der Waals surface area contributed by atoms with Gasteiger partial charge in [0, 0.05) is 12.7 Å². The fraction of sp³-hybridized carbons (Fsp3) is 0.727. The fourth-order valence-corrected chi connectivity index (χ4v) is 6.01. The van der Waals surface area contributed by atoms with Gasteiger partial charge in [0.15, 0.2) is 0 Å². The number of rotatable bonds is 5. The van der Waals surface area contributed by atoms with Crippen LogP contribution in [0.1, 0.15) is 58.8 Å². The predicted molar refractivity (Wildman–Crippen MR) is 102 cm³/mol. The highest BCUT2D eigenvalue weighted by Crippen LogP contribution is 2.62. The Bertz CT molecular complexity index is 666. The number of hydrogen-bond donors (Lipinski definition) is 0. The lowest BCUT2D eigenvalue weighted by atomic mass is 9.46. The number of fused-ring (bicyclic) bond motifs is 1. The first-order chi connectivity index (χ1) is 12.8. The van der Waals surface area contributed by atoms with E-state index in [1.165, 1.54) is 19.8 Å². The third-order valence-electron chi connectivity index (χ3n) is 7.43. The fourth-order valence-electron chi connectivity index (χ4n) is 6.01. The van der Waals surface area contributed by atoms with Crippen LogP contribution in [0.4, 0.5) is 0 Å². The Hall–Kier alpha value is -1.62. The van der Waals surface area contributed by atoms with Crippen molar-refractivity contribution in [3.8, 4) is 0 Å². The first kappa shape index (κ1) is 20.1. The molecule has 3 aliphatic rings. The van der Waals surface area contributed by atoms with Gasteiger partial charge < -0.3 is 14.2 Å². The van der Waals surface area contributed by atoms with Crippen LogP contribution < -0.4 is 0 Å². The summed E-state index contributed by atoms with van der Waals surface area (Å²) in [5.41, 5.74) is 1.50. The van der Waals surface area contributed by atoms with Crippen molar-refractivity contribution in [1.29, 1.82) is 0 Å². The number of ether oxygens (including phenoxy) is 3. The van der Waals surface area contributed by atoms with Crippen LogP contribution in [0.5, 0.6) is 0 Å². The summed E-state index contributed by atoms with van der Waals surface area (Å²) < 4.78 is 15.5. The van der Waals surface area contributed by atoms with E-state index in [4.69, 9.17) is 14.2 Å². The van der Waals surface area contributed by atoms with Crippen LogP contribution in [0.3, 0.4) is 0 Å². The van der Waals surface area contributed by atoms with Crippen molar-refractivity contribution in [3.05, 3.63) is 23.8 Å². The molecule has 2 fully saturated rings. The zero-order chi connectivity index (χ0) is 19.8. The van der Waals surface area contributed by atoms with Gasteiger partial charge in [0.05, 0.1) is 12.5 Å². The van der Waals surface area contributed by atoms with Gasteiger partial charge in [-0.3, -0.25) is 4.79 Å². The number of methoxy groups -OCH3 is 2. The molecule has 0 aromatic heterocycles. The van der Waals surface area contributed by atoms with Gasteiger partial charge in [0.25, 0.3) is 0 Å². The highest BCUT2D eigenvalue weighted by molar-refractivity contribution is 5.90. The van der Waals surface area contributed by atoms with Crippen molar-refractivity contribution < 1.29 is 23.8 Å². The SMILES string of the molecule is C=C1CCC2C(C)(C(=O)OC)CCCC2(C)C1CCC1=CC(OC)OC1=O. The zero-order valence-electron chi connectivity index (χ0n) is 17.0. The second-order valence-electron chi connectivity index (χ2n) is 8.81. The largest absolute Gasteiger partial charge is 0.469 e. The van der Waals surface area contributed by atoms with Crippen molar-refractivity contribution in [1.82, 2.24) is 0 Å². The van der Waals surface area contributed by atoms with Gasteiger partial charge in [0.2, 0.25) is 6.29 Å². The van der Waals surface area contributed by atoms with Gasteiger partial charge in [-0.1, -0.05) is 25.5 Å². The van der Waals surface area contributed by atoms with Crippen LogP contribution in [-0.4, -0.2) is 32.4 Å². The summed E-state index contributed by atoms with van der Waals surface area (Å²) in [7, 11) is 3.02. The second kappa shape index (κ2) is 7.42. The molecule has 0 spiro atoms. The van der Waals surface area contributed by atoms with Crippen LogP contribution in [-0.2, 0) is 23.8 Å². The van der Waals surface area contributed by atoms with E-state index in [9.17, 15) is 9.59 Å². The molecule has 0 N–H and O–H groups in total. The summed E-state index contributed by atoms with van der Waals surface area (Å²) in [4.78, 5) is 24.7. The monoisotopic (exact) mass is 376 g/mol. The van der Waals surface area contributed by atoms with E-state index in [0.29, 0.717) is 12.0 Å². The lowest BCUT2D eigenvalue weighted by Crippen LogP contribution is -2.53. The van der Waals surface area contributed by atoms with E-state index in [0.717, 1.165) is 38.5 Å². The minimum Gasteiger partial charge on any atom is -0.469 e. The average Bonchev–Trinajstić information content (AvgIpc) is 3.00. The Balaban J connectivity index is 1.81. The maximum atomic E-state index is 12.6. The number of allylic oxidation sites excluding steroid dienone is 1. The van der Waals surface area contributed by atoms with E-state index >= 15 is 0 Å². The Morgan fingerprint density at radius 2 is 2.07 bits per heavy atom. The molecular weight excluding hydrogens is 344 g/mol. The summed E-state index contributed by atoms with van der Waals surface area (Å²) in [6.07, 6.45) is 7.59. The minimum atomic E-state index is -0.567. The summed E-state index contributed by atoms with van der Waals surface area (Å²) in [5, 5.41) is 0. The normalized spacial score (nSPS) is 38.8. The van der Waals surface area contributed by atoms with Gasteiger partial charge in [0.1, 0.15) is 0 Å².